The van der Waals surface area contributed by atoms with E-state index in [0.717, 1.165) is 0 Å². The van der Waals surface area contributed by atoms with Crippen LogP contribution in [0.3, 0.4) is 0 Å². The zero-order chi connectivity index (χ0) is 7.11. The van der Waals surface area contributed by atoms with Gasteiger partial charge in [-0.2, -0.15) is 0 Å². The highest BCUT2D eigenvalue weighted by atomic mass is 32.1. The molecule has 0 aliphatic rings. The van der Waals surface area contributed by atoms with Gasteiger partial charge in [0, 0.05) is 19.7 Å². The van der Waals surface area contributed by atoms with Crippen LogP contribution in [-0.2, 0) is 14.2 Å². The van der Waals surface area contributed by atoms with Crippen LogP contribution in [0.2, 0.25) is 0 Å². The third-order valence-electron chi connectivity index (χ3n) is 0.461. The van der Waals surface area contributed by atoms with E-state index < -0.39 is 5.30 Å². The maximum Gasteiger partial charge on any atom is 0.402 e. The van der Waals surface area contributed by atoms with E-state index in [9.17, 15) is 4.79 Å². The van der Waals surface area contributed by atoms with Crippen molar-refractivity contribution in [2.75, 3.05) is 20.7 Å². The van der Waals surface area contributed by atoms with Crippen LogP contribution in [-0.4, -0.2) is 26.0 Å². The van der Waals surface area contributed by atoms with Gasteiger partial charge in [-0.05, 0) is 0 Å². The average Bonchev–Trinajstić information content (AvgIpc) is 1.80. The normalized spacial score (nSPS) is 9.00. The maximum atomic E-state index is 9.88. The minimum absolute atomic E-state index is 0.0998. The molecule has 0 N–H and O–H groups in total. The molecule has 0 atom stereocenters. The Morgan fingerprint density at radius 3 is 2.67 bits per heavy atom. The van der Waals surface area contributed by atoms with E-state index in [4.69, 9.17) is 0 Å². The standard InChI is InChI=1S/C4H7O4S/c1-6-2-7-3-8-4(5)9/h2-3H2,1H3. The Bertz CT molecular complexity index is 84.6. The molecule has 0 spiro atoms. The van der Waals surface area contributed by atoms with E-state index in [1.165, 1.54) is 7.11 Å². The lowest BCUT2D eigenvalue weighted by atomic mass is 11.3. The Kier molecular flexibility index (Phi) is 5.49. The van der Waals surface area contributed by atoms with Crippen LogP contribution in [0.4, 0.5) is 4.79 Å². The Morgan fingerprint density at radius 2 is 2.22 bits per heavy atom. The molecule has 0 aliphatic heterocycles. The zero-order valence-corrected chi connectivity index (χ0v) is 5.77. The summed E-state index contributed by atoms with van der Waals surface area (Å²) in [6, 6.07) is 0. The molecule has 0 amide bonds. The fraction of sp³-hybridized carbons (Fsp3) is 0.750. The molecular formula is C4H7O4S. The van der Waals surface area contributed by atoms with Gasteiger partial charge in [-0.3, -0.25) is 0 Å². The average molecular weight is 151 g/mol. The minimum Gasteiger partial charge on any atom is -0.427 e. The quantitative estimate of drug-likeness (QED) is 0.340. The van der Waals surface area contributed by atoms with Crippen molar-refractivity contribution in [3.05, 3.63) is 0 Å². The molecule has 0 aliphatic carbocycles. The second-order valence-electron chi connectivity index (χ2n) is 1.12. The van der Waals surface area contributed by atoms with Crippen LogP contribution >= 0.6 is 12.6 Å². The second-order valence-corrected chi connectivity index (χ2v) is 1.46. The topological polar surface area (TPSA) is 44.8 Å². The first-order valence-electron chi connectivity index (χ1n) is 2.18. The number of carbonyl (C=O) groups excluding carboxylic acids is 1. The van der Waals surface area contributed by atoms with E-state index in [2.05, 4.69) is 26.8 Å². The van der Waals surface area contributed by atoms with Crippen molar-refractivity contribution in [3.8, 4) is 0 Å². The lowest BCUT2D eigenvalue weighted by molar-refractivity contribution is -0.0920. The molecule has 0 rings (SSSR count). The largest absolute Gasteiger partial charge is 0.427 e. The van der Waals surface area contributed by atoms with Crippen LogP contribution in [0.15, 0.2) is 0 Å². The zero-order valence-electron chi connectivity index (χ0n) is 4.96. The smallest absolute Gasteiger partial charge is 0.402 e. The van der Waals surface area contributed by atoms with Gasteiger partial charge >= 0.3 is 5.30 Å². The van der Waals surface area contributed by atoms with Crippen molar-refractivity contribution in [1.29, 1.82) is 0 Å². The fourth-order valence-corrected chi connectivity index (χ4v) is 0.255. The monoisotopic (exact) mass is 151 g/mol. The van der Waals surface area contributed by atoms with E-state index in [0.29, 0.717) is 0 Å². The second kappa shape index (κ2) is 5.74. The molecule has 9 heavy (non-hydrogen) atoms. The highest BCUT2D eigenvalue weighted by Gasteiger charge is 1.92. The summed E-state index contributed by atoms with van der Waals surface area (Å²) in [5.41, 5.74) is 0. The van der Waals surface area contributed by atoms with Gasteiger partial charge < -0.3 is 14.2 Å². The summed E-state index contributed by atoms with van der Waals surface area (Å²) < 4.78 is 13.3. The highest BCUT2D eigenvalue weighted by Crippen LogP contribution is 1.85. The molecule has 4 nitrogen and oxygen atoms in total. The number of hydrogen-bond donors (Lipinski definition) is 0. The number of ether oxygens (including phenoxy) is 3. The van der Waals surface area contributed by atoms with Crippen molar-refractivity contribution in [3.63, 3.8) is 0 Å². The lowest BCUT2D eigenvalue weighted by Crippen LogP contribution is -2.03. The van der Waals surface area contributed by atoms with Gasteiger partial charge in [0.25, 0.3) is 0 Å². The van der Waals surface area contributed by atoms with Crippen molar-refractivity contribution >= 4 is 17.9 Å². The minimum atomic E-state index is -0.772. The van der Waals surface area contributed by atoms with E-state index >= 15 is 0 Å². The summed E-state index contributed by atoms with van der Waals surface area (Å²) in [5, 5.41) is -0.772. The summed E-state index contributed by atoms with van der Waals surface area (Å²) in [6.07, 6.45) is 0. The number of methoxy groups -OCH3 is 1. The summed E-state index contributed by atoms with van der Waals surface area (Å²) in [4.78, 5) is 9.88. The highest BCUT2D eigenvalue weighted by molar-refractivity contribution is 7.96. The van der Waals surface area contributed by atoms with Crippen LogP contribution in [0.25, 0.3) is 0 Å². The molecule has 0 bridgehead atoms. The first-order valence-corrected chi connectivity index (χ1v) is 2.58. The predicted octanol–water partition coefficient (Wildman–Crippen LogP) is 0.899. The third-order valence-corrected chi connectivity index (χ3v) is 0.579. The van der Waals surface area contributed by atoms with E-state index in [1.807, 2.05) is 0 Å². The summed E-state index contributed by atoms with van der Waals surface area (Å²) in [6.45, 7) is -0.0429. The Labute approximate surface area is 58.5 Å². The Balaban J connectivity index is 2.83. The van der Waals surface area contributed by atoms with Gasteiger partial charge in [0.2, 0.25) is 0 Å². The van der Waals surface area contributed by atoms with Gasteiger partial charge in [-0.1, -0.05) is 0 Å². The molecular weight excluding hydrogens is 144 g/mol. The van der Waals surface area contributed by atoms with E-state index in [1.54, 1.807) is 0 Å². The molecule has 0 saturated carbocycles. The molecule has 0 aromatic carbocycles. The fourth-order valence-electron chi connectivity index (χ4n) is 0.207. The van der Waals surface area contributed by atoms with Gasteiger partial charge in [0.15, 0.2) is 6.79 Å². The number of carbonyl (C=O) groups is 1. The molecule has 0 fully saturated rings. The van der Waals surface area contributed by atoms with Gasteiger partial charge in [0.05, 0.1) is 0 Å². The molecule has 0 unspecified atom stereocenters. The third kappa shape index (κ3) is 7.61. The molecule has 0 heterocycles. The lowest BCUT2D eigenvalue weighted by Gasteiger charge is -1.99. The van der Waals surface area contributed by atoms with Crippen molar-refractivity contribution < 1.29 is 19.0 Å². The molecule has 0 aromatic rings. The SMILES string of the molecule is COCOCOC(=O)[S]. The summed E-state index contributed by atoms with van der Waals surface area (Å²) in [7, 11) is 1.47. The molecule has 1 radical (unpaired) electrons. The first kappa shape index (κ1) is 8.61. The predicted molar refractivity (Wildman–Crippen MR) is 31.9 cm³/mol. The first-order chi connectivity index (χ1) is 4.27. The molecule has 0 saturated heterocycles. The molecule has 53 valence electrons. The van der Waals surface area contributed by atoms with Gasteiger partial charge in [-0.25, -0.2) is 4.79 Å². The van der Waals surface area contributed by atoms with Crippen LogP contribution in [0, 0.1) is 0 Å². The van der Waals surface area contributed by atoms with Gasteiger partial charge in [-0.15, -0.1) is 0 Å². The van der Waals surface area contributed by atoms with Gasteiger partial charge in [0.1, 0.15) is 6.79 Å². The maximum absolute atomic E-state index is 9.88. The Morgan fingerprint density at radius 1 is 1.56 bits per heavy atom. The van der Waals surface area contributed by atoms with Crippen molar-refractivity contribution in [1.82, 2.24) is 0 Å². The number of hydrogen-bond acceptors (Lipinski definition) is 4. The van der Waals surface area contributed by atoms with Crippen molar-refractivity contribution in [2.45, 2.75) is 0 Å². The molecule has 0 aromatic heterocycles. The molecule has 5 heteroatoms. The summed E-state index contributed by atoms with van der Waals surface area (Å²) in [5.74, 6) is 0. The summed E-state index contributed by atoms with van der Waals surface area (Å²) >= 11 is 4.05. The van der Waals surface area contributed by atoms with Crippen LogP contribution < -0.4 is 0 Å². The number of rotatable bonds is 4. The van der Waals surface area contributed by atoms with Crippen molar-refractivity contribution in [2.24, 2.45) is 0 Å². The van der Waals surface area contributed by atoms with Crippen LogP contribution in [0.1, 0.15) is 0 Å². The Hall–Kier alpha value is -0.390. The van der Waals surface area contributed by atoms with E-state index in [-0.39, 0.29) is 13.6 Å². The van der Waals surface area contributed by atoms with Crippen LogP contribution in [0.5, 0.6) is 0 Å².